The van der Waals surface area contributed by atoms with Crippen molar-refractivity contribution in [2.24, 2.45) is 0 Å². The molecule has 0 bridgehead atoms. The van der Waals surface area contributed by atoms with Crippen LogP contribution in [0.2, 0.25) is 0 Å². The average molecular weight is 279 g/mol. The van der Waals surface area contributed by atoms with Gasteiger partial charge in [0, 0.05) is 37.9 Å². The van der Waals surface area contributed by atoms with E-state index in [9.17, 15) is 4.79 Å². The number of likely N-dealkylation sites (N-methyl/N-ethyl adjacent to an activating group) is 1. The van der Waals surface area contributed by atoms with E-state index in [0.717, 1.165) is 26.2 Å². The first-order valence-corrected chi connectivity index (χ1v) is 6.63. The smallest absolute Gasteiger partial charge is 0.260 e. The molecular formula is C14H21N3O3. The lowest BCUT2D eigenvalue weighted by Crippen LogP contribution is -2.48. The molecule has 0 aliphatic carbocycles. The van der Waals surface area contributed by atoms with Crippen LogP contribution in [0, 0.1) is 0 Å². The minimum atomic E-state index is -0.0115. The fourth-order valence-electron chi connectivity index (χ4n) is 2.09. The number of nitrogen functional groups attached to an aromatic ring is 1. The zero-order valence-corrected chi connectivity index (χ0v) is 12.0. The van der Waals surface area contributed by atoms with Gasteiger partial charge in [0.05, 0.1) is 7.11 Å². The van der Waals surface area contributed by atoms with E-state index in [1.165, 1.54) is 0 Å². The van der Waals surface area contributed by atoms with Crippen molar-refractivity contribution in [1.82, 2.24) is 9.80 Å². The van der Waals surface area contributed by atoms with Crippen molar-refractivity contribution in [3.05, 3.63) is 18.2 Å². The van der Waals surface area contributed by atoms with Gasteiger partial charge in [-0.15, -0.1) is 0 Å². The molecule has 0 saturated carbocycles. The number of rotatable bonds is 4. The minimum absolute atomic E-state index is 0.00350. The fourth-order valence-corrected chi connectivity index (χ4v) is 2.09. The average Bonchev–Trinajstić information content (AvgIpc) is 2.45. The Labute approximate surface area is 119 Å². The number of methoxy groups -OCH3 is 1. The van der Waals surface area contributed by atoms with Crippen LogP contribution in [0.4, 0.5) is 5.69 Å². The summed E-state index contributed by atoms with van der Waals surface area (Å²) in [5, 5.41) is 0. The standard InChI is InChI=1S/C14H21N3O3/c1-16-5-7-17(8-6-16)14(18)10-20-13-9-11(15)3-4-12(13)19-2/h3-4,9H,5-8,10,15H2,1-2H3. The maximum absolute atomic E-state index is 12.1. The van der Waals surface area contributed by atoms with Crippen LogP contribution < -0.4 is 15.2 Å². The second kappa shape index (κ2) is 6.47. The summed E-state index contributed by atoms with van der Waals surface area (Å²) in [7, 11) is 3.61. The molecule has 1 amide bonds. The van der Waals surface area contributed by atoms with Gasteiger partial charge in [0.15, 0.2) is 18.1 Å². The molecule has 1 aromatic carbocycles. The molecule has 20 heavy (non-hydrogen) atoms. The molecule has 0 atom stereocenters. The SMILES string of the molecule is COc1ccc(N)cc1OCC(=O)N1CCN(C)CC1. The highest BCUT2D eigenvalue weighted by molar-refractivity contribution is 5.78. The van der Waals surface area contributed by atoms with Crippen LogP contribution in [-0.4, -0.2) is 62.7 Å². The summed E-state index contributed by atoms with van der Waals surface area (Å²) in [6.45, 7) is 3.28. The molecule has 6 nitrogen and oxygen atoms in total. The summed E-state index contributed by atoms with van der Waals surface area (Å²) >= 11 is 0. The first kappa shape index (κ1) is 14.5. The second-order valence-corrected chi connectivity index (χ2v) is 4.88. The number of hydrogen-bond donors (Lipinski definition) is 1. The van der Waals surface area contributed by atoms with Crippen molar-refractivity contribution in [2.75, 3.05) is 52.7 Å². The molecule has 110 valence electrons. The van der Waals surface area contributed by atoms with E-state index in [0.29, 0.717) is 17.2 Å². The highest BCUT2D eigenvalue weighted by Crippen LogP contribution is 2.28. The Kier molecular flexibility index (Phi) is 4.68. The monoisotopic (exact) mass is 279 g/mol. The van der Waals surface area contributed by atoms with Crippen LogP contribution in [0.25, 0.3) is 0 Å². The van der Waals surface area contributed by atoms with Crippen molar-refractivity contribution >= 4 is 11.6 Å². The third-order valence-electron chi connectivity index (χ3n) is 3.39. The summed E-state index contributed by atoms with van der Waals surface area (Å²) in [6, 6.07) is 5.12. The van der Waals surface area contributed by atoms with Gasteiger partial charge in [0.1, 0.15) is 0 Å². The zero-order chi connectivity index (χ0) is 14.5. The highest BCUT2D eigenvalue weighted by atomic mass is 16.5. The summed E-state index contributed by atoms with van der Waals surface area (Å²) in [6.07, 6.45) is 0. The normalized spacial score (nSPS) is 16.0. The van der Waals surface area contributed by atoms with Crippen molar-refractivity contribution in [3.63, 3.8) is 0 Å². The number of carbonyl (C=O) groups is 1. The van der Waals surface area contributed by atoms with Crippen molar-refractivity contribution in [3.8, 4) is 11.5 Å². The number of nitrogens with two attached hydrogens (primary N) is 1. The molecule has 1 saturated heterocycles. The number of ether oxygens (including phenoxy) is 2. The van der Waals surface area contributed by atoms with E-state index in [1.54, 1.807) is 25.3 Å². The first-order chi connectivity index (χ1) is 9.60. The maximum Gasteiger partial charge on any atom is 0.260 e. The molecule has 1 fully saturated rings. The molecule has 1 aromatic rings. The number of hydrogen-bond acceptors (Lipinski definition) is 5. The Balaban J connectivity index is 1.91. The van der Waals surface area contributed by atoms with Crippen LogP contribution in [0.15, 0.2) is 18.2 Å². The molecular weight excluding hydrogens is 258 g/mol. The molecule has 1 heterocycles. The van der Waals surface area contributed by atoms with Gasteiger partial charge >= 0.3 is 0 Å². The van der Waals surface area contributed by atoms with Gasteiger partial charge in [0.2, 0.25) is 0 Å². The predicted molar refractivity (Wildman–Crippen MR) is 77.0 cm³/mol. The topological polar surface area (TPSA) is 68.0 Å². The molecule has 0 aromatic heterocycles. The van der Waals surface area contributed by atoms with Crippen LogP contribution >= 0.6 is 0 Å². The van der Waals surface area contributed by atoms with E-state index in [2.05, 4.69) is 11.9 Å². The minimum Gasteiger partial charge on any atom is -0.493 e. The van der Waals surface area contributed by atoms with Gasteiger partial charge < -0.3 is 25.0 Å². The van der Waals surface area contributed by atoms with E-state index < -0.39 is 0 Å². The fraction of sp³-hybridized carbons (Fsp3) is 0.500. The number of anilines is 1. The van der Waals surface area contributed by atoms with Gasteiger partial charge in [-0.05, 0) is 19.2 Å². The number of amides is 1. The van der Waals surface area contributed by atoms with Crippen molar-refractivity contribution in [1.29, 1.82) is 0 Å². The summed E-state index contributed by atoms with van der Waals surface area (Å²) in [5.41, 5.74) is 6.29. The van der Waals surface area contributed by atoms with Crippen LogP contribution in [0.1, 0.15) is 0 Å². The van der Waals surface area contributed by atoms with Gasteiger partial charge in [-0.3, -0.25) is 4.79 Å². The van der Waals surface area contributed by atoms with Crippen molar-refractivity contribution in [2.45, 2.75) is 0 Å². The van der Waals surface area contributed by atoms with E-state index >= 15 is 0 Å². The van der Waals surface area contributed by atoms with Crippen molar-refractivity contribution < 1.29 is 14.3 Å². The van der Waals surface area contributed by atoms with Crippen LogP contribution in [0.3, 0.4) is 0 Å². The van der Waals surface area contributed by atoms with Gasteiger partial charge in [-0.2, -0.15) is 0 Å². The maximum atomic E-state index is 12.1. The second-order valence-electron chi connectivity index (χ2n) is 4.88. The number of benzene rings is 1. The van der Waals surface area contributed by atoms with Crippen LogP contribution in [0.5, 0.6) is 11.5 Å². The molecule has 0 radical (unpaired) electrons. The van der Waals surface area contributed by atoms with Gasteiger partial charge in [-0.1, -0.05) is 0 Å². The predicted octanol–water partition coefficient (Wildman–Crippen LogP) is 0.430. The number of carbonyl (C=O) groups excluding carboxylic acids is 1. The quantitative estimate of drug-likeness (QED) is 0.810. The molecule has 2 rings (SSSR count). The van der Waals surface area contributed by atoms with E-state index in [1.807, 2.05) is 4.90 Å². The number of nitrogens with zero attached hydrogens (tertiary/aromatic N) is 2. The molecule has 1 aliphatic heterocycles. The first-order valence-electron chi connectivity index (χ1n) is 6.63. The molecule has 1 aliphatic rings. The lowest BCUT2D eigenvalue weighted by molar-refractivity contribution is -0.134. The lowest BCUT2D eigenvalue weighted by Gasteiger charge is -2.32. The Morgan fingerprint density at radius 2 is 1.95 bits per heavy atom. The molecule has 2 N–H and O–H groups in total. The Morgan fingerprint density at radius 1 is 1.25 bits per heavy atom. The van der Waals surface area contributed by atoms with Gasteiger partial charge in [-0.25, -0.2) is 0 Å². The Hall–Kier alpha value is -1.95. The molecule has 0 unspecified atom stereocenters. The Bertz CT molecular complexity index is 471. The molecule has 6 heteroatoms. The van der Waals surface area contributed by atoms with Crippen LogP contribution in [-0.2, 0) is 4.79 Å². The van der Waals surface area contributed by atoms with E-state index in [-0.39, 0.29) is 12.5 Å². The lowest BCUT2D eigenvalue weighted by atomic mass is 10.3. The Morgan fingerprint density at radius 3 is 2.60 bits per heavy atom. The van der Waals surface area contributed by atoms with Gasteiger partial charge in [0.25, 0.3) is 5.91 Å². The third-order valence-corrected chi connectivity index (χ3v) is 3.39. The third kappa shape index (κ3) is 3.54. The highest BCUT2D eigenvalue weighted by Gasteiger charge is 2.19. The largest absolute Gasteiger partial charge is 0.493 e. The molecule has 0 spiro atoms. The van der Waals surface area contributed by atoms with E-state index in [4.69, 9.17) is 15.2 Å². The summed E-state index contributed by atoms with van der Waals surface area (Å²) in [4.78, 5) is 16.1. The summed E-state index contributed by atoms with van der Waals surface area (Å²) in [5.74, 6) is 1.06. The zero-order valence-electron chi connectivity index (χ0n) is 12.0. The summed E-state index contributed by atoms with van der Waals surface area (Å²) < 4.78 is 10.7. The number of piperazine rings is 1.